The van der Waals surface area contributed by atoms with E-state index in [1.807, 2.05) is 65.6 Å². The van der Waals surface area contributed by atoms with Crippen molar-refractivity contribution in [2.45, 2.75) is 44.3 Å². The van der Waals surface area contributed by atoms with Crippen molar-refractivity contribution in [3.8, 4) is 17.2 Å². The van der Waals surface area contributed by atoms with Gasteiger partial charge in [-0.2, -0.15) is 5.26 Å². The summed E-state index contributed by atoms with van der Waals surface area (Å²) in [5.74, 6) is 0.757. The monoisotopic (exact) mass is 518 g/mol. The molecule has 2 aromatic heterocycles. The minimum Gasteiger partial charge on any atom is -0.367 e. The van der Waals surface area contributed by atoms with Crippen molar-refractivity contribution >= 4 is 17.5 Å². The molecule has 1 fully saturated rings. The van der Waals surface area contributed by atoms with Gasteiger partial charge in [0.15, 0.2) is 0 Å². The molecular weight excluding hydrogens is 488 g/mol. The molecular formula is C31H30N6O2. The topological polar surface area (TPSA) is 114 Å². The molecule has 39 heavy (non-hydrogen) atoms. The highest BCUT2D eigenvalue weighted by Crippen LogP contribution is 2.30. The number of nitrogens with zero attached hydrogens (tertiary/aromatic N) is 3. The minimum absolute atomic E-state index is 0.0478. The number of benzene rings is 2. The van der Waals surface area contributed by atoms with Crippen molar-refractivity contribution in [3.63, 3.8) is 0 Å². The number of hydrogen-bond donors (Lipinski definition) is 3. The van der Waals surface area contributed by atoms with E-state index in [0.717, 1.165) is 53.9 Å². The Morgan fingerprint density at radius 2 is 1.69 bits per heavy atom. The zero-order valence-electron chi connectivity index (χ0n) is 21.5. The van der Waals surface area contributed by atoms with E-state index in [2.05, 4.69) is 26.7 Å². The maximum Gasteiger partial charge on any atom is 0.322 e. The van der Waals surface area contributed by atoms with Crippen LogP contribution in [0.4, 0.5) is 16.3 Å². The fraction of sp³-hybridized carbons (Fsp3) is 0.226. The van der Waals surface area contributed by atoms with Gasteiger partial charge in [0.25, 0.3) is 0 Å². The lowest BCUT2D eigenvalue weighted by atomic mass is 9.89. The Kier molecular flexibility index (Phi) is 7.98. The Labute approximate surface area is 227 Å². The first-order valence-electron chi connectivity index (χ1n) is 13.1. The zero-order chi connectivity index (χ0) is 27.0. The zero-order valence-corrected chi connectivity index (χ0v) is 21.5. The molecule has 8 heteroatoms. The quantitative estimate of drug-likeness (QED) is 0.301. The third-order valence-corrected chi connectivity index (χ3v) is 7.07. The van der Waals surface area contributed by atoms with Crippen LogP contribution in [0.15, 0.2) is 96.1 Å². The molecule has 1 aliphatic rings. The number of H-pyrrole nitrogens is 1. The van der Waals surface area contributed by atoms with Gasteiger partial charge in [-0.1, -0.05) is 42.5 Å². The maximum absolute atomic E-state index is 13.6. The van der Waals surface area contributed by atoms with Crippen LogP contribution < -0.4 is 21.1 Å². The summed E-state index contributed by atoms with van der Waals surface area (Å²) in [6.07, 6.45) is 6.74. The highest BCUT2D eigenvalue weighted by atomic mass is 16.2. The Morgan fingerprint density at radius 1 is 0.949 bits per heavy atom. The largest absolute Gasteiger partial charge is 0.367 e. The molecule has 0 saturated heterocycles. The normalized spacial score (nSPS) is 16.6. The summed E-state index contributed by atoms with van der Waals surface area (Å²) in [5.41, 5.74) is 4.14. The van der Waals surface area contributed by atoms with Crippen molar-refractivity contribution < 1.29 is 4.79 Å². The average molecular weight is 519 g/mol. The van der Waals surface area contributed by atoms with Gasteiger partial charge in [-0.15, -0.1) is 0 Å². The molecule has 0 radical (unpaired) electrons. The number of rotatable bonds is 7. The van der Waals surface area contributed by atoms with Crippen LogP contribution in [0.3, 0.4) is 0 Å². The molecule has 0 aliphatic heterocycles. The molecule has 196 valence electrons. The molecule has 8 nitrogen and oxygen atoms in total. The molecule has 0 spiro atoms. The van der Waals surface area contributed by atoms with Crippen LogP contribution in [-0.4, -0.2) is 28.1 Å². The fourth-order valence-corrected chi connectivity index (χ4v) is 4.99. The van der Waals surface area contributed by atoms with Gasteiger partial charge in [-0.3, -0.25) is 9.69 Å². The van der Waals surface area contributed by atoms with Crippen LogP contribution in [0.1, 0.15) is 36.8 Å². The third-order valence-electron chi connectivity index (χ3n) is 7.07. The SMILES string of the molecule is N#Cc1ccc(N[C@H]2CC[C@H](N(C(=O)NCc3ccccc3)c3ccc(-c4ccc(=O)[nH]c4)cc3)CC2)nc1. The number of aromatic amines is 1. The van der Waals surface area contributed by atoms with Crippen molar-refractivity contribution in [2.24, 2.45) is 0 Å². The van der Waals surface area contributed by atoms with E-state index < -0.39 is 0 Å². The number of pyridine rings is 2. The van der Waals surface area contributed by atoms with E-state index in [4.69, 9.17) is 5.26 Å². The highest BCUT2D eigenvalue weighted by molar-refractivity contribution is 5.93. The molecule has 0 bridgehead atoms. The van der Waals surface area contributed by atoms with E-state index >= 15 is 0 Å². The van der Waals surface area contributed by atoms with Crippen LogP contribution in [0.25, 0.3) is 11.1 Å². The smallest absolute Gasteiger partial charge is 0.322 e. The number of nitriles is 1. The van der Waals surface area contributed by atoms with Crippen molar-refractivity contribution in [3.05, 3.63) is 113 Å². The molecule has 4 aromatic rings. The molecule has 0 atom stereocenters. The van der Waals surface area contributed by atoms with E-state index in [1.54, 1.807) is 24.5 Å². The molecule has 3 N–H and O–H groups in total. The summed E-state index contributed by atoms with van der Waals surface area (Å²) in [6.45, 7) is 0.451. The van der Waals surface area contributed by atoms with Gasteiger partial charge in [0.2, 0.25) is 5.56 Å². The molecule has 2 aromatic carbocycles. The van der Waals surface area contributed by atoms with Crippen LogP contribution in [-0.2, 0) is 6.54 Å². The van der Waals surface area contributed by atoms with Gasteiger partial charge in [0.1, 0.15) is 11.9 Å². The van der Waals surface area contributed by atoms with Gasteiger partial charge in [0, 0.05) is 42.8 Å². The number of hydrogen-bond acceptors (Lipinski definition) is 5. The predicted molar refractivity (Wildman–Crippen MR) is 152 cm³/mol. The predicted octanol–water partition coefficient (Wildman–Crippen LogP) is 5.45. The summed E-state index contributed by atoms with van der Waals surface area (Å²) in [6, 6.07) is 26.9. The number of nitrogens with one attached hydrogen (secondary N) is 3. The molecule has 2 amide bonds. The Morgan fingerprint density at radius 3 is 2.33 bits per heavy atom. The lowest BCUT2D eigenvalue weighted by Gasteiger charge is -2.37. The number of anilines is 2. The van der Waals surface area contributed by atoms with Gasteiger partial charge in [-0.25, -0.2) is 9.78 Å². The summed E-state index contributed by atoms with van der Waals surface area (Å²) in [4.78, 5) is 33.9. The molecule has 1 saturated carbocycles. The number of aromatic nitrogens is 2. The van der Waals surface area contributed by atoms with E-state index in [0.29, 0.717) is 12.1 Å². The van der Waals surface area contributed by atoms with Crippen LogP contribution >= 0.6 is 0 Å². The van der Waals surface area contributed by atoms with Gasteiger partial charge in [-0.05, 0) is 72.7 Å². The van der Waals surface area contributed by atoms with Crippen molar-refractivity contribution in [1.82, 2.24) is 15.3 Å². The first-order valence-corrected chi connectivity index (χ1v) is 13.1. The number of urea groups is 1. The number of carbonyl (C=O) groups is 1. The maximum atomic E-state index is 13.6. The van der Waals surface area contributed by atoms with E-state index in [-0.39, 0.29) is 23.7 Å². The fourth-order valence-electron chi connectivity index (χ4n) is 4.99. The van der Waals surface area contributed by atoms with Gasteiger partial charge in [0.05, 0.1) is 5.56 Å². The lowest BCUT2D eigenvalue weighted by molar-refractivity contribution is 0.240. The van der Waals surface area contributed by atoms with Crippen molar-refractivity contribution in [1.29, 1.82) is 5.26 Å². The molecule has 1 aliphatic carbocycles. The van der Waals surface area contributed by atoms with Gasteiger partial charge >= 0.3 is 6.03 Å². The molecule has 5 rings (SSSR count). The number of carbonyl (C=O) groups excluding carboxylic acids is 1. The summed E-state index contributed by atoms with van der Waals surface area (Å²) in [5, 5.41) is 15.6. The average Bonchev–Trinajstić information content (AvgIpc) is 2.99. The lowest BCUT2D eigenvalue weighted by Crippen LogP contribution is -2.48. The Bertz CT molecular complexity index is 1470. The minimum atomic E-state index is -0.142. The third kappa shape index (κ3) is 6.51. The second kappa shape index (κ2) is 12.1. The second-order valence-electron chi connectivity index (χ2n) is 9.70. The molecule has 2 heterocycles. The standard InChI is InChI=1S/C31H30N6O2/c32-18-23-6-16-29(33-20-23)36-26-10-14-28(15-11-26)37(31(39)35-19-22-4-2-1-3-5-22)27-12-7-24(8-13-27)25-9-17-30(38)34-21-25/h1-9,12-13,16-17,20-21,26,28H,10-11,14-15,19H2,(H,33,36)(H,34,38)(H,35,39)/t26-,28-. The Hall–Kier alpha value is -4.90. The van der Waals surface area contributed by atoms with Crippen molar-refractivity contribution in [2.75, 3.05) is 10.2 Å². The second-order valence-corrected chi connectivity index (χ2v) is 9.70. The summed E-state index contributed by atoms with van der Waals surface area (Å²) >= 11 is 0. The first kappa shape index (κ1) is 25.7. The molecule has 0 unspecified atom stereocenters. The summed E-state index contributed by atoms with van der Waals surface area (Å²) < 4.78 is 0. The summed E-state index contributed by atoms with van der Waals surface area (Å²) in [7, 11) is 0. The van der Waals surface area contributed by atoms with Crippen LogP contribution in [0.2, 0.25) is 0 Å². The van der Waals surface area contributed by atoms with Gasteiger partial charge < -0.3 is 15.6 Å². The Balaban J connectivity index is 1.30. The van der Waals surface area contributed by atoms with Crippen LogP contribution in [0.5, 0.6) is 0 Å². The van der Waals surface area contributed by atoms with E-state index in [1.165, 1.54) is 6.07 Å². The number of amides is 2. The van der Waals surface area contributed by atoms with Crippen LogP contribution in [0, 0.1) is 11.3 Å². The first-order chi connectivity index (χ1) is 19.1. The van der Waals surface area contributed by atoms with E-state index in [9.17, 15) is 9.59 Å². The highest BCUT2D eigenvalue weighted by Gasteiger charge is 2.30.